The summed E-state index contributed by atoms with van der Waals surface area (Å²) in [4.78, 5) is 72.6. The van der Waals surface area contributed by atoms with Gasteiger partial charge in [-0.25, -0.2) is 9.13 Å². The second-order valence-corrected chi connectivity index (χ2v) is 26.3. The van der Waals surface area contributed by atoms with Crippen molar-refractivity contribution in [2.45, 2.75) is 290 Å². The van der Waals surface area contributed by atoms with Crippen LogP contribution >= 0.6 is 15.6 Å². The van der Waals surface area contributed by atoms with E-state index < -0.39 is 97.5 Å². The third-order valence-electron chi connectivity index (χ3n) is 14.3. The molecular formula is C75H126O17P2. The number of hydrogen-bond donors (Lipinski definition) is 3. The second kappa shape index (κ2) is 67.0. The molecule has 5 atom stereocenters. The lowest BCUT2D eigenvalue weighted by molar-refractivity contribution is -0.161. The van der Waals surface area contributed by atoms with Gasteiger partial charge in [-0.15, -0.1) is 0 Å². The molecule has 0 spiro atoms. The quantitative estimate of drug-likeness (QED) is 0.0169. The molecule has 19 heteroatoms. The van der Waals surface area contributed by atoms with Crippen LogP contribution in [0.1, 0.15) is 272 Å². The number of carbonyl (C=O) groups is 4. The normalized spacial score (nSPS) is 14.8. The Morgan fingerprint density at radius 3 is 0.947 bits per heavy atom. The number of unbranched alkanes of at least 4 members (excludes halogenated alkanes) is 20. The van der Waals surface area contributed by atoms with Crippen LogP contribution in [0, 0.1) is 0 Å². The van der Waals surface area contributed by atoms with Crippen LogP contribution < -0.4 is 0 Å². The van der Waals surface area contributed by atoms with Crippen molar-refractivity contribution in [3.63, 3.8) is 0 Å². The fourth-order valence-corrected chi connectivity index (χ4v) is 10.5. The number of ether oxygens (including phenoxy) is 4. The number of phosphoric ester groups is 2. The summed E-state index contributed by atoms with van der Waals surface area (Å²) >= 11 is 0. The Bertz CT molecular complexity index is 2270. The molecule has 0 bridgehead atoms. The average Bonchev–Trinajstić information content (AvgIpc) is 2.15. The molecule has 0 aromatic rings. The molecule has 0 aliphatic rings. The van der Waals surface area contributed by atoms with Crippen LogP contribution in [0.15, 0.2) is 122 Å². The molecule has 0 aliphatic carbocycles. The summed E-state index contributed by atoms with van der Waals surface area (Å²) in [6, 6.07) is 0. The lowest BCUT2D eigenvalue weighted by atomic mass is 10.1. The minimum atomic E-state index is -4.99. The van der Waals surface area contributed by atoms with Crippen molar-refractivity contribution in [1.82, 2.24) is 0 Å². The molecule has 0 saturated carbocycles. The van der Waals surface area contributed by atoms with Gasteiger partial charge in [0.1, 0.15) is 19.3 Å². The van der Waals surface area contributed by atoms with Crippen molar-refractivity contribution < 1.29 is 80.2 Å². The van der Waals surface area contributed by atoms with Gasteiger partial charge in [-0.3, -0.25) is 37.3 Å². The fourth-order valence-electron chi connectivity index (χ4n) is 8.90. The molecule has 0 fully saturated rings. The predicted molar refractivity (Wildman–Crippen MR) is 381 cm³/mol. The summed E-state index contributed by atoms with van der Waals surface area (Å²) in [6.07, 6.45) is 70.8. The van der Waals surface area contributed by atoms with Gasteiger partial charge in [0.25, 0.3) is 0 Å². The summed E-state index contributed by atoms with van der Waals surface area (Å²) in [5.74, 6) is -2.29. The van der Waals surface area contributed by atoms with E-state index in [9.17, 15) is 43.2 Å². The van der Waals surface area contributed by atoms with Gasteiger partial charge >= 0.3 is 39.5 Å². The number of aliphatic hydroxyl groups is 1. The lowest BCUT2D eigenvalue weighted by Gasteiger charge is -2.21. The van der Waals surface area contributed by atoms with Crippen molar-refractivity contribution in [2.24, 2.45) is 0 Å². The van der Waals surface area contributed by atoms with Crippen LogP contribution in [-0.2, 0) is 65.4 Å². The van der Waals surface area contributed by atoms with Gasteiger partial charge < -0.3 is 33.8 Å². The van der Waals surface area contributed by atoms with E-state index in [1.165, 1.54) is 12.8 Å². The highest BCUT2D eigenvalue weighted by molar-refractivity contribution is 7.47. The molecule has 17 nitrogen and oxygen atoms in total. The molecule has 5 unspecified atom stereocenters. The smallest absolute Gasteiger partial charge is 0.462 e. The topological polar surface area (TPSA) is 237 Å². The number of allylic oxidation sites excluding steroid dienone is 20. The minimum absolute atomic E-state index is 0.0635. The zero-order valence-electron chi connectivity index (χ0n) is 58.3. The van der Waals surface area contributed by atoms with Crippen molar-refractivity contribution in [2.75, 3.05) is 39.6 Å². The van der Waals surface area contributed by atoms with E-state index in [0.717, 1.165) is 173 Å². The third kappa shape index (κ3) is 66.1. The summed E-state index contributed by atoms with van der Waals surface area (Å²) in [6.45, 7) is 4.45. The van der Waals surface area contributed by atoms with Gasteiger partial charge in [0.15, 0.2) is 12.2 Å². The van der Waals surface area contributed by atoms with Gasteiger partial charge in [-0.2, -0.15) is 0 Å². The van der Waals surface area contributed by atoms with Gasteiger partial charge in [-0.1, -0.05) is 233 Å². The predicted octanol–water partition coefficient (Wildman–Crippen LogP) is 20.0. The van der Waals surface area contributed by atoms with Crippen LogP contribution in [0.5, 0.6) is 0 Å². The maximum Gasteiger partial charge on any atom is 0.472 e. The molecule has 94 heavy (non-hydrogen) atoms. The maximum absolute atomic E-state index is 13.0. The van der Waals surface area contributed by atoms with Gasteiger partial charge in [0, 0.05) is 25.7 Å². The number of hydrogen-bond acceptors (Lipinski definition) is 15. The Morgan fingerprint density at radius 1 is 0.309 bits per heavy atom. The molecule has 0 saturated heterocycles. The Morgan fingerprint density at radius 2 is 0.585 bits per heavy atom. The average molecular weight is 1360 g/mol. The first-order valence-electron chi connectivity index (χ1n) is 35.8. The highest BCUT2D eigenvalue weighted by Crippen LogP contribution is 2.45. The molecule has 3 N–H and O–H groups in total. The first-order valence-corrected chi connectivity index (χ1v) is 38.8. The van der Waals surface area contributed by atoms with Gasteiger partial charge in [-0.05, 0) is 135 Å². The van der Waals surface area contributed by atoms with Crippen molar-refractivity contribution >= 4 is 39.5 Å². The monoisotopic (exact) mass is 1360 g/mol. The van der Waals surface area contributed by atoms with E-state index in [1.807, 2.05) is 12.2 Å². The maximum atomic E-state index is 13.0. The van der Waals surface area contributed by atoms with E-state index >= 15 is 0 Å². The van der Waals surface area contributed by atoms with Crippen molar-refractivity contribution in [3.8, 4) is 0 Å². The lowest BCUT2D eigenvalue weighted by Crippen LogP contribution is -2.30. The molecule has 0 heterocycles. The standard InChI is InChI=1S/C75H126O17P2/c1-5-9-13-17-21-25-29-32-33-34-35-38-41-44-48-52-56-60-73(78)86-66-71(92-75(80)62-58-54-50-46-42-37-31-27-23-19-15-11-7-3)68-90-94(83,84)88-64-69(76)63-87-93(81,82)89-67-70(91-74(79)61-57-53-49-45-39-28-24-20-16-12-8-4)65-85-72(77)59-55-51-47-43-40-36-30-26-22-18-14-10-6-2/h9,13-15,18-21,24-27,30-33,35,38,44,48,69-71,76H,5-8,10-12,16-17,22-23,28-29,34,36-37,39-43,45-47,49-68H2,1-4H3,(H,81,82)(H,83,84)/b13-9-,18-14-,19-15-,24-20-,25-21-,30-26-,31-27-,33-32-,38-35-,48-44-. The fraction of sp³-hybridized carbons (Fsp3) is 0.680. The highest BCUT2D eigenvalue weighted by Gasteiger charge is 2.30. The van der Waals surface area contributed by atoms with E-state index in [4.69, 9.17) is 37.0 Å². The molecule has 0 amide bonds. The van der Waals surface area contributed by atoms with E-state index in [2.05, 4.69) is 137 Å². The summed E-state index contributed by atoms with van der Waals surface area (Å²) in [5, 5.41) is 10.6. The Hall–Kier alpha value is -4.54. The van der Waals surface area contributed by atoms with Gasteiger partial charge in [0.05, 0.1) is 26.4 Å². The highest BCUT2D eigenvalue weighted by atomic mass is 31.2. The number of carbonyl (C=O) groups excluding carboxylic acids is 4. The molecule has 0 radical (unpaired) electrons. The van der Waals surface area contributed by atoms with Crippen molar-refractivity contribution in [1.29, 1.82) is 0 Å². The van der Waals surface area contributed by atoms with Crippen LogP contribution in [0.25, 0.3) is 0 Å². The van der Waals surface area contributed by atoms with Gasteiger partial charge in [0.2, 0.25) is 0 Å². The number of esters is 4. The largest absolute Gasteiger partial charge is 0.472 e. The Labute approximate surface area is 568 Å². The summed E-state index contributed by atoms with van der Waals surface area (Å²) < 4.78 is 68.2. The summed E-state index contributed by atoms with van der Waals surface area (Å²) in [7, 11) is -9.97. The first-order chi connectivity index (χ1) is 45.7. The van der Waals surface area contributed by atoms with Crippen LogP contribution in [0.3, 0.4) is 0 Å². The number of rotatable bonds is 66. The zero-order chi connectivity index (χ0) is 69.0. The van der Waals surface area contributed by atoms with E-state index in [-0.39, 0.29) is 25.7 Å². The molecule has 0 rings (SSSR count). The van der Waals surface area contributed by atoms with Crippen LogP contribution in [0.2, 0.25) is 0 Å². The molecular weight excluding hydrogens is 1230 g/mol. The first kappa shape index (κ1) is 89.5. The second-order valence-electron chi connectivity index (χ2n) is 23.4. The SMILES string of the molecule is CC/C=C\C/C=C\C/C=C\C/C=C\C/C=C\CCCC(=O)OCC(COP(=O)(O)OCC(O)COP(=O)(O)OCC(COC(=O)CCCCCCC/C=C\C/C=C\CCC)OC(=O)CCCCCCC/C=C\CCCC)OC(=O)CCCCCCC/C=C\C/C=C\CCC. The minimum Gasteiger partial charge on any atom is -0.462 e. The molecule has 0 aromatic heterocycles. The van der Waals surface area contributed by atoms with Crippen LogP contribution in [-0.4, -0.2) is 96.7 Å². The van der Waals surface area contributed by atoms with Crippen LogP contribution in [0.4, 0.5) is 0 Å². The Kier molecular flexibility index (Phi) is 63.8. The zero-order valence-corrected chi connectivity index (χ0v) is 60.1. The van der Waals surface area contributed by atoms with Crippen molar-refractivity contribution in [3.05, 3.63) is 122 Å². The Balaban J connectivity index is 5.39. The number of aliphatic hydroxyl groups excluding tert-OH is 1. The molecule has 0 aromatic carbocycles. The third-order valence-corrected chi connectivity index (χ3v) is 16.2. The van der Waals surface area contributed by atoms with E-state index in [1.54, 1.807) is 0 Å². The molecule has 0 aliphatic heterocycles. The number of phosphoric acid groups is 2. The van der Waals surface area contributed by atoms with E-state index in [0.29, 0.717) is 32.1 Å². The molecule has 538 valence electrons. The summed E-state index contributed by atoms with van der Waals surface area (Å²) in [5.41, 5.74) is 0.